The molecule has 3 rings (SSSR count). The van der Waals surface area contributed by atoms with Gasteiger partial charge in [-0.25, -0.2) is 0 Å². The molecule has 3 nitrogen and oxygen atoms in total. The van der Waals surface area contributed by atoms with E-state index in [0.29, 0.717) is 5.69 Å². The molecule has 0 N–H and O–H groups in total. The van der Waals surface area contributed by atoms with Gasteiger partial charge in [0.15, 0.2) is 0 Å². The molecule has 0 bridgehead atoms. The number of carbonyl (C=O) groups excluding carboxylic acids is 1. The monoisotopic (exact) mass is 277 g/mol. The van der Waals surface area contributed by atoms with Crippen LogP contribution in [0.25, 0.3) is 10.8 Å². The third kappa shape index (κ3) is 2.63. The number of pyridine rings is 1. The van der Waals surface area contributed by atoms with Gasteiger partial charge in [0.25, 0.3) is 0 Å². The third-order valence-corrected chi connectivity index (χ3v) is 3.53. The van der Waals surface area contributed by atoms with Crippen LogP contribution in [0.15, 0.2) is 66.9 Å². The molecular weight excluding hydrogens is 262 g/mol. The Morgan fingerprint density at radius 3 is 2.48 bits per heavy atom. The average molecular weight is 277 g/mol. The van der Waals surface area contributed by atoms with Crippen LogP contribution in [-0.4, -0.2) is 18.1 Å². The van der Waals surface area contributed by atoms with Crippen LogP contribution in [0.3, 0.4) is 0 Å². The number of esters is 1. The SMILES string of the molecule is COC(=O)C(c1ccc2ccccc2c1)c1ccccn1. The van der Waals surface area contributed by atoms with Crippen molar-refractivity contribution in [3.8, 4) is 0 Å². The lowest BCUT2D eigenvalue weighted by Crippen LogP contribution is -2.16. The first-order valence-corrected chi connectivity index (χ1v) is 6.77. The van der Waals surface area contributed by atoms with Crippen LogP contribution in [0.4, 0.5) is 0 Å². The minimum absolute atomic E-state index is 0.302. The Kier molecular flexibility index (Phi) is 3.65. The lowest BCUT2D eigenvalue weighted by atomic mass is 9.93. The second-order valence-electron chi connectivity index (χ2n) is 4.82. The fraction of sp³-hybridized carbons (Fsp3) is 0.111. The van der Waals surface area contributed by atoms with Crippen molar-refractivity contribution in [2.45, 2.75) is 5.92 Å². The molecule has 0 fully saturated rings. The highest BCUT2D eigenvalue weighted by Gasteiger charge is 2.24. The van der Waals surface area contributed by atoms with Gasteiger partial charge in [-0.2, -0.15) is 0 Å². The number of ether oxygens (including phenoxy) is 1. The summed E-state index contributed by atoms with van der Waals surface area (Å²) in [6, 6.07) is 19.6. The Morgan fingerprint density at radius 2 is 1.76 bits per heavy atom. The summed E-state index contributed by atoms with van der Waals surface area (Å²) in [6.45, 7) is 0. The fourth-order valence-corrected chi connectivity index (χ4v) is 2.48. The number of hydrogen-bond donors (Lipinski definition) is 0. The van der Waals surface area contributed by atoms with Gasteiger partial charge < -0.3 is 4.74 Å². The normalized spacial score (nSPS) is 12.0. The minimum Gasteiger partial charge on any atom is -0.468 e. The molecule has 0 spiro atoms. The quantitative estimate of drug-likeness (QED) is 0.687. The van der Waals surface area contributed by atoms with Crippen LogP contribution in [0.1, 0.15) is 17.2 Å². The van der Waals surface area contributed by atoms with Gasteiger partial charge in [0.05, 0.1) is 12.8 Å². The first-order chi connectivity index (χ1) is 10.3. The van der Waals surface area contributed by atoms with Gasteiger partial charge in [0, 0.05) is 6.20 Å². The Balaban J connectivity index is 2.12. The number of methoxy groups -OCH3 is 1. The topological polar surface area (TPSA) is 39.2 Å². The first kappa shape index (κ1) is 13.3. The highest BCUT2D eigenvalue weighted by Crippen LogP contribution is 2.27. The van der Waals surface area contributed by atoms with Crippen molar-refractivity contribution in [1.29, 1.82) is 0 Å². The maximum atomic E-state index is 12.2. The van der Waals surface area contributed by atoms with Crippen LogP contribution in [0.2, 0.25) is 0 Å². The van der Waals surface area contributed by atoms with Gasteiger partial charge in [-0.15, -0.1) is 0 Å². The van der Waals surface area contributed by atoms with E-state index in [1.165, 1.54) is 7.11 Å². The molecule has 0 amide bonds. The Bertz CT molecular complexity index is 768. The second-order valence-corrected chi connectivity index (χ2v) is 4.82. The maximum Gasteiger partial charge on any atom is 0.319 e. The molecule has 0 radical (unpaired) electrons. The van der Waals surface area contributed by atoms with Crippen LogP contribution in [0, 0.1) is 0 Å². The zero-order chi connectivity index (χ0) is 14.7. The van der Waals surface area contributed by atoms with Crippen molar-refractivity contribution in [3.05, 3.63) is 78.1 Å². The summed E-state index contributed by atoms with van der Waals surface area (Å²) in [7, 11) is 1.40. The number of carbonyl (C=O) groups is 1. The lowest BCUT2D eigenvalue weighted by molar-refractivity contribution is -0.141. The summed E-state index contributed by atoms with van der Waals surface area (Å²) in [5.74, 6) is -0.801. The third-order valence-electron chi connectivity index (χ3n) is 3.53. The standard InChI is InChI=1S/C18H15NO2/c1-21-18(20)17(16-8-4-5-11-19-16)15-10-9-13-6-2-3-7-14(13)12-15/h2-12,17H,1H3. The van der Waals surface area contributed by atoms with Gasteiger partial charge in [-0.05, 0) is 34.5 Å². The molecule has 1 heterocycles. The van der Waals surface area contributed by atoms with Gasteiger partial charge in [-0.3, -0.25) is 9.78 Å². The number of benzene rings is 2. The van der Waals surface area contributed by atoms with Crippen molar-refractivity contribution in [1.82, 2.24) is 4.98 Å². The fourth-order valence-electron chi connectivity index (χ4n) is 2.48. The molecule has 0 saturated carbocycles. The predicted octanol–water partition coefficient (Wildman–Crippen LogP) is 3.54. The van der Waals surface area contributed by atoms with Gasteiger partial charge in [0.1, 0.15) is 5.92 Å². The smallest absolute Gasteiger partial charge is 0.319 e. The lowest BCUT2D eigenvalue weighted by Gasteiger charge is -2.15. The Hall–Kier alpha value is -2.68. The zero-order valence-electron chi connectivity index (χ0n) is 11.7. The van der Waals surface area contributed by atoms with E-state index < -0.39 is 5.92 Å². The van der Waals surface area contributed by atoms with Crippen LogP contribution in [-0.2, 0) is 9.53 Å². The minimum atomic E-state index is -0.499. The van der Waals surface area contributed by atoms with E-state index in [0.717, 1.165) is 16.3 Å². The highest BCUT2D eigenvalue weighted by molar-refractivity contribution is 5.87. The van der Waals surface area contributed by atoms with E-state index in [1.807, 2.05) is 60.7 Å². The summed E-state index contributed by atoms with van der Waals surface area (Å²) in [4.78, 5) is 16.5. The van der Waals surface area contributed by atoms with Crippen molar-refractivity contribution >= 4 is 16.7 Å². The molecule has 1 atom stereocenters. The molecule has 3 aromatic rings. The molecule has 0 aliphatic carbocycles. The van der Waals surface area contributed by atoms with Crippen molar-refractivity contribution < 1.29 is 9.53 Å². The second kappa shape index (κ2) is 5.75. The van der Waals surface area contributed by atoms with E-state index in [-0.39, 0.29) is 5.97 Å². The largest absolute Gasteiger partial charge is 0.468 e. The summed E-state index contributed by atoms with van der Waals surface area (Å²) >= 11 is 0. The molecule has 104 valence electrons. The number of hydrogen-bond acceptors (Lipinski definition) is 3. The summed E-state index contributed by atoms with van der Waals surface area (Å²) in [5.41, 5.74) is 1.58. The summed E-state index contributed by atoms with van der Waals surface area (Å²) in [5, 5.41) is 2.24. The molecule has 1 aromatic heterocycles. The van der Waals surface area contributed by atoms with Crippen LogP contribution < -0.4 is 0 Å². The zero-order valence-corrected chi connectivity index (χ0v) is 11.7. The number of fused-ring (bicyclic) bond motifs is 1. The predicted molar refractivity (Wildman–Crippen MR) is 82.0 cm³/mol. The molecular formula is C18H15NO2. The average Bonchev–Trinajstić information content (AvgIpc) is 2.56. The number of aromatic nitrogens is 1. The molecule has 3 heteroatoms. The Labute approximate surface area is 123 Å². The Morgan fingerprint density at radius 1 is 1.00 bits per heavy atom. The molecule has 0 aliphatic heterocycles. The van der Waals surface area contributed by atoms with Crippen molar-refractivity contribution in [3.63, 3.8) is 0 Å². The van der Waals surface area contributed by atoms with E-state index >= 15 is 0 Å². The molecule has 21 heavy (non-hydrogen) atoms. The highest BCUT2D eigenvalue weighted by atomic mass is 16.5. The van der Waals surface area contributed by atoms with Crippen molar-refractivity contribution in [2.24, 2.45) is 0 Å². The van der Waals surface area contributed by atoms with E-state index in [2.05, 4.69) is 4.98 Å². The van der Waals surface area contributed by atoms with E-state index in [9.17, 15) is 4.79 Å². The first-order valence-electron chi connectivity index (χ1n) is 6.77. The van der Waals surface area contributed by atoms with E-state index in [1.54, 1.807) is 6.20 Å². The number of rotatable bonds is 3. The molecule has 1 unspecified atom stereocenters. The van der Waals surface area contributed by atoms with Gasteiger partial charge in [0.2, 0.25) is 0 Å². The molecule has 2 aromatic carbocycles. The van der Waals surface area contributed by atoms with Crippen molar-refractivity contribution in [2.75, 3.05) is 7.11 Å². The van der Waals surface area contributed by atoms with E-state index in [4.69, 9.17) is 4.74 Å². The molecule has 0 saturated heterocycles. The molecule has 0 aliphatic rings. The van der Waals surface area contributed by atoms with Gasteiger partial charge >= 0.3 is 5.97 Å². The summed E-state index contributed by atoms with van der Waals surface area (Å²) in [6.07, 6.45) is 1.69. The van der Waals surface area contributed by atoms with Gasteiger partial charge in [-0.1, -0.05) is 42.5 Å². The maximum absolute atomic E-state index is 12.2. The summed E-state index contributed by atoms with van der Waals surface area (Å²) < 4.78 is 4.95. The van der Waals surface area contributed by atoms with Crippen LogP contribution in [0.5, 0.6) is 0 Å². The van der Waals surface area contributed by atoms with Crippen LogP contribution >= 0.6 is 0 Å². The number of nitrogens with zero attached hydrogens (tertiary/aromatic N) is 1.